The number of aryl methyl sites for hydroxylation is 1. The Morgan fingerprint density at radius 2 is 2.00 bits per heavy atom. The molecule has 1 heterocycles. The van der Waals surface area contributed by atoms with Crippen LogP contribution < -0.4 is 0 Å². The molecule has 2 aromatic rings. The van der Waals surface area contributed by atoms with E-state index in [1.807, 2.05) is 42.9 Å². The van der Waals surface area contributed by atoms with Gasteiger partial charge in [-0.15, -0.1) is 0 Å². The third-order valence-corrected chi connectivity index (χ3v) is 3.67. The molecule has 0 aliphatic heterocycles. The van der Waals surface area contributed by atoms with E-state index in [1.165, 1.54) is 0 Å². The molecule has 78 valence electrons. The highest BCUT2D eigenvalue weighted by molar-refractivity contribution is 9.10. The van der Waals surface area contributed by atoms with Gasteiger partial charge in [-0.2, -0.15) is 5.10 Å². The minimum atomic E-state index is 0.719. The molecule has 0 radical (unpaired) electrons. The summed E-state index contributed by atoms with van der Waals surface area (Å²) in [7, 11) is 1.92. The van der Waals surface area contributed by atoms with E-state index in [2.05, 4.69) is 21.0 Å². The third kappa shape index (κ3) is 1.82. The summed E-state index contributed by atoms with van der Waals surface area (Å²) in [6.45, 7) is 2.01. The Kier molecular flexibility index (Phi) is 2.85. The predicted molar refractivity (Wildman–Crippen MR) is 66.1 cm³/mol. The molecule has 0 bridgehead atoms. The zero-order valence-electron chi connectivity index (χ0n) is 8.46. The normalized spacial score (nSPS) is 10.7. The van der Waals surface area contributed by atoms with Gasteiger partial charge in [-0.05, 0) is 28.9 Å². The topological polar surface area (TPSA) is 17.8 Å². The Labute approximate surface area is 102 Å². The van der Waals surface area contributed by atoms with Crippen LogP contribution in [0.1, 0.15) is 5.69 Å². The summed E-state index contributed by atoms with van der Waals surface area (Å²) in [6, 6.07) is 7.70. The van der Waals surface area contributed by atoms with Gasteiger partial charge in [0.05, 0.1) is 9.50 Å². The highest BCUT2D eigenvalue weighted by Gasteiger charge is 2.13. The molecule has 0 aliphatic rings. The summed E-state index contributed by atoms with van der Waals surface area (Å²) in [6.07, 6.45) is 0. The van der Waals surface area contributed by atoms with Gasteiger partial charge >= 0.3 is 0 Å². The molecular formula is C11H10BrClN2. The number of benzene rings is 1. The fourth-order valence-corrected chi connectivity index (χ4v) is 2.18. The van der Waals surface area contributed by atoms with Gasteiger partial charge in [0.2, 0.25) is 0 Å². The first-order valence-corrected chi connectivity index (χ1v) is 5.72. The third-order valence-electron chi connectivity index (χ3n) is 2.39. The lowest BCUT2D eigenvalue weighted by molar-refractivity contribution is 0.742. The lowest BCUT2D eigenvalue weighted by Gasteiger charge is -2.00. The second-order valence-electron chi connectivity index (χ2n) is 3.35. The molecule has 0 saturated heterocycles. The van der Waals surface area contributed by atoms with E-state index in [-0.39, 0.29) is 0 Å². The van der Waals surface area contributed by atoms with Crippen molar-refractivity contribution in [2.24, 2.45) is 7.05 Å². The number of aromatic nitrogens is 2. The van der Waals surface area contributed by atoms with Crippen LogP contribution in [0, 0.1) is 6.92 Å². The van der Waals surface area contributed by atoms with E-state index in [0.29, 0.717) is 0 Å². The summed E-state index contributed by atoms with van der Waals surface area (Å²) in [5.74, 6) is 0. The molecule has 1 aromatic heterocycles. The van der Waals surface area contributed by atoms with E-state index >= 15 is 0 Å². The van der Waals surface area contributed by atoms with Crippen molar-refractivity contribution in [2.45, 2.75) is 6.92 Å². The summed E-state index contributed by atoms with van der Waals surface area (Å²) in [4.78, 5) is 0. The van der Waals surface area contributed by atoms with Crippen LogP contribution in [-0.4, -0.2) is 9.78 Å². The maximum atomic E-state index is 6.12. The summed E-state index contributed by atoms with van der Waals surface area (Å²) in [5, 5.41) is 5.14. The second-order valence-corrected chi connectivity index (χ2v) is 4.55. The van der Waals surface area contributed by atoms with Crippen LogP contribution in [0.5, 0.6) is 0 Å². The first-order valence-electron chi connectivity index (χ1n) is 4.55. The van der Waals surface area contributed by atoms with E-state index in [0.717, 1.165) is 26.4 Å². The van der Waals surface area contributed by atoms with E-state index < -0.39 is 0 Å². The van der Waals surface area contributed by atoms with Gasteiger partial charge in [0.1, 0.15) is 5.69 Å². The van der Waals surface area contributed by atoms with Gasteiger partial charge in [0.25, 0.3) is 0 Å². The Balaban J connectivity index is 2.65. The average molecular weight is 286 g/mol. The Morgan fingerprint density at radius 3 is 2.53 bits per heavy atom. The Hall–Kier alpha value is -0.800. The molecule has 2 rings (SSSR count). The molecule has 4 heteroatoms. The van der Waals surface area contributed by atoms with Gasteiger partial charge in [0, 0.05) is 18.3 Å². The van der Waals surface area contributed by atoms with Crippen LogP contribution in [0.15, 0.2) is 28.7 Å². The largest absolute Gasteiger partial charge is 0.271 e. The van der Waals surface area contributed by atoms with Crippen LogP contribution >= 0.6 is 27.5 Å². The molecule has 0 atom stereocenters. The van der Waals surface area contributed by atoms with Gasteiger partial charge in [-0.25, -0.2) is 0 Å². The Morgan fingerprint density at radius 1 is 1.33 bits per heavy atom. The quantitative estimate of drug-likeness (QED) is 0.779. The van der Waals surface area contributed by atoms with Crippen molar-refractivity contribution < 1.29 is 0 Å². The minimum Gasteiger partial charge on any atom is -0.271 e. The van der Waals surface area contributed by atoms with E-state index in [1.54, 1.807) is 0 Å². The number of hydrogen-bond acceptors (Lipinski definition) is 1. The van der Waals surface area contributed by atoms with Crippen molar-refractivity contribution in [3.63, 3.8) is 0 Å². The molecule has 0 fully saturated rings. The lowest BCUT2D eigenvalue weighted by atomic mass is 10.1. The second kappa shape index (κ2) is 3.99. The van der Waals surface area contributed by atoms with Crippen LogP contribution in [0.4, 0.5) is 0 Å². The number of nitrogens with zero attached hydrogens (tertiary/aromatic N) is 2. The average Bonchev–Trinajstić information content (AvgIpc) is 2.47. The molecule has 15 heavy (non-hydrogen) atoms. The summed E-state index contributed by atoms with van der Waals surface area (Å²) < 4.78 is 2.83. The van der Waals surface area contributed by atoms with Gasteiger partial charge in [-0.1, -0.05) is 29.8 Å². The summed E-state index contributed by atoms with van der Waals surface area (Å²) >= 11 is 9.65. The molecule has 0 spiro atoms. The van der Waals surface area contributed by atoms with Crippen LogP contribution in [0.2, 0.25) is 5.02 Å². The van der Waals surface area contributed by atoms with Gasteiger partial charge in [-0.3, -0.25) is 4.68 Å². The zero-order valence-corrected chi connectivity index (χ0v) is 10.8. The molecule has 1 aromatic carbocycles. The number of halogens is 2. The van der Waals surface area contributed by atoms with Crippen molar-refractivity contribution in [3.05, 3.63) is 39.5 Å². The monoisotopic (exact) mass is 284 g/mol. The fourth-order valence-electron chi connectivity index (χ4n) is 1.41. The first kappa shape index (κ1) is 10.7. The van der Waals surface area contributed by atoms with Crippen molar-refractivity contribution in [1.29, 1.82) is 0 Å². The highest BCUT2D eigenvalue weighted by atomic mass is 79.9. The van der Waals surface area contributed by atoms with Crippen LogP contribution in [0.25, 0.3) is 11.3 Å². The Bertz CT molecular complexity index is 505. The molecule has 0 N–H and O–H groups in total. The molecule has 2 nitrogen and oxygen atoms in total. The van der Waals surface area contributed by atoms with Crippen molar-refractivity contribution in [2.75, 3.05) is 0 Å². The molecular weight excluding hydrogens is 275 g/mol. The molecule has 0 aliphatic carbocycles. The van der Waals surface area contributed by atoms with Gasteiger partial charge in [0.15, 0.2) is 0 Å². The van der Waals surface area contributed by atoms with E-state index in [4.69, 9.17) is 11.6 Å². The van der Waals surface area contributed by atoms with Crippen molar-refractivity contribution >= 4 is 27.5 Å². The first-order chi connectivity index (χ1) is 7.11. The molecule has 0 unspecified atom stereocenters. The standard InChI is InChI=1S/C11H10BrClN2/c1-7-10(12)11(14-15(7)2)8-5-3-4-6-9(8)13/h3-6H,1-2H3. The predicted octanol–water partition coefficient (Wildman–Crippen LogP) is 3.81. The zero-order chi connectivity index (χ0) is 11.0. The number of hydrogen-bond donors (Lipinski definition) is 0. The smallest absolute Gasteiger partial charge is 0.108 e. The number of rotatable bonds is 1. The lowest BCUT2D eigenvalue weighted by Crippen LogP contribution is -1.92. The van der Waals surface area contributed by atoms with Crippen molar-refractivity contribution in [3.8, 4) is 11.3 Å². The fraction of sp³-hybridized carbons (Fsp3) is 0.182. The van der Waals surface area contributed by atoms with Crippen molar-refractivity contribution in [1.82, 2.24) is 9.78 Å². The molecule has 0 saturated carbocycles. The maximum Gasteiger partial charge on any atom is 0.108 e. The summed E-state index contributed by atoms with van der Waals surface area (Å²) in [5.41, 5.74) is 2.93. The van der Waals surface area contributed by atoms with Gasteiger partial charge < -0.3 is 0 Å². The highest BCUT2D eigenvalue weighted by Crippen LogP contribution is 2.33. The van der Waals surface area contributed by atoms with Crippen LogP contribution in [0.3, 0.4) is 0 Å². The SMILES string of the molecule is Cc1c(Br)c(-c2ccccc2Cl)nn1C. The van der Waals surface area contributed by atoms with Crippen LogP contribution in [-0.2, 0) is 7.05 Å². The maximum absolute atomic E-state index is 6.12. The molecule has 0 amide bonds. The van der Waals surface area contributed by atoms with E-state index in [9.17, 15) is 0 Å². The minimum absolute atomic E-state index is 0.719.